The number of nitrogens with one attached hydrogen (secondary N) is 1. The highest BCUT2D eigenvalue weighted by Gasteiger charge is 2.27. The number of carbonyl (C=O) groups is 2. The van der Waals surface area contributed by atoms with Gasteiger partial charge in [-0.15, -0.1) is 0 Å². The molecule has 1 saturated heterocycles. The molecule has 0 bridgehead atoms. The summed E-state index contributed by atoms with van der Waals surface area (Å²) in [4.78, 5) is 23.2. The van der Waals surface area contributed by atoms with Crippen LogP contribution in [-0.4, -0.2) is 48.9 Å². The van der Waals surface area contributed by atoms with Gasteiger partial charge < -0.3 is 19.9 Å². The van der Waals surface area contributed by atoms with Crippen molar-refractivity contribution in [3.8, 4) is 0 Å². The Hall–Kier alpha value is -1.92. The Morgan fingerprint density at radius 1 is 1.29 bits per heavy atom. The molecule has 2 atom stereocenters. The second-order valence-electron chi connectivity index (χ2n) is 4.86. The molecule has 0 aliphatic carbocycles. The summed E-state index contributed by atoms with van der Waals surface area (Å²) in [6.45, 7) is 0.969. The van der Waals surface area contributed by atoms with E-state index in [0.29, 0.717) is 26.1 Å². The number of carboxylic acid groups (broad SMARTS) is 1. The van der Waals surface area contributed by atoms with E-state index in [-0.39, 0.29) is 6.61 Å². The van der Waals surface area contributed by atoms with Crippen molar-refractivity contribution < 1.29 is 24.2 Å². The first-order valence-electron chi connectivity index (χ1n) is 6.93. The van der Waals surface area contributed by atoms with Gasteiger partial charge in [0.05, 0.1) is 19.8 Å². The van der Waals surface area contributed by atoms with Crippen LogP contribution in [0.15, 0.2) is 30.3 Å². The summed E-state index contributed by atoms with van der Waals surface area (Å²) in [5.74, 6) is -1.48. The first-order chi connectivity index (χ1) is 10.2. The standard InChI is InChI=1S/C15H19NO5/c17-14(13-10-20-8-9-21-13)16-12(15(18)19)7-6-11-4-2-1-3-5-11/h1-5,12-13H,6-10H2,(H,16,17)(H,18,19)/t12-,13?/m0/s1. The van der Waals surface area contributed by atoms with E-state index < -0.39 is 24.0 Å². The number of rotatable bonds is 6. The Labute approximate surface area is 123 Å². The number of aryl methyl sites for hydroxylation is 1. The summed E-state index contributed by atoms with van der Waals surface area (Å²) in [6.07, 6.45) is 0.191. The fourth-order valence-electron chi connectivity index (χ4n) is 2.12. The molecule has 21 heavy (non-hydrogen) atoms. The molecule has 1 aromatic carbocycles. The maximum absolute atomic E-state index is 11.9. The summed E-state index contributed by atoms with van der Waals surface area (Å²) >= 11 is 0. The van der Waals surface area contributed by atoms with Gasteiger partial charge in [-0.3, -0.25) is 4.79 Å². The van der Waals surface area contributed by atoms with Crippen molar-refractivity contribution in [1.82, 2.24) is 5.32 Å². The Morgan fingerprint density at radius 3 is 2.67 bits per heavy atom. The third-order valence-electron chi connectivity index (χ3n) is 3.29. The molecule has 1 aromatic rings. The van der Waals surface area contributed by atoms with Crippen molar-refractivity contribution in [2.75, 3.05) is 19.8 Å². The summed E-state index contributed by atoms with van der Waals surface area (Å²) in [5, 5.41) is 11.7. The number of amides is 1. The fourth-order valence-corrected chi connectivity index (χ4v) is 2.12. The monoisotopic (exact) mass is 293 g/mol. The van der Waals surface area contributed by atoms with Gasteiger partial charge in [-0.25, -0.2) is 4.79 Å². The summed E-state index contributed by atoms with van der Waals surface area (Å²) in [7, 11) is 0. The Morgan fingerprint density at radius 2 is 2.05 bits per heavy atom. The van der Waals surface area contributed by atoms with Crippen LogP contribution >= 0.6 is 0 Å². The van der Waals surface area contributed by atoms with Crippen LogP contribution in [0.25, 0.3) is 0 Å². The second kappa shape index (κ2) is 7.75. The van der Waals surface area contributed by atoms with Gasteiger partial charge in [0.1, 0.15) is 6.04 Å². The number of benzene rings is 1. The zero-order valence-corrected chi connectivity index (χ0v) is 11.7. The molecule has 0 spiro atoms. The Kier molecular flexibility index (Phi) is 5.71. The van der Waals surface area contributed by atoms with Crippen LogP contribution in [0.3, 0.4) is 0 Å². The predicted molar refractivity (Wildman–Crippen MR) is 74.9 cm³/mol. The average Bonchev–Trinajstić information content (AvgIpc) is 2.52. The van der Waals surface area contributed by atoms with Crippen molar-refractivity contribution in [1.29, 1.82) is 0 Å². The highest BCUT2D eigenvalue weighted by atomic mass is 16.6. The summed E-state index contributed by atoms with van der Waals surface area (Å²) < 4.78 is 10.4. The highest BCUT2D eigenvalue weighted by molar-refractivity contribution is 5.86. The number of hydrogen-bond acceptors (Lipinski definition) is 4. The fraction of sp³-hybridized carbons (Fsp3) is 0.467. The largest absolute Gasteiger partial charge is 0.480 e. The minimum atomic E-state index is -1.05. The minimum Gasteiger partial charge on any atom is -0.480 e. The molecule has 2 N–H and O–H groups in total. The molecule has 1 amide bonds. The van der Waals surface area contributed by atoms with Gasteiger partial charge in [0.25, 0.3) is 5.91 Å². The van der Waals surface area contributed by atoms with Gasteiger partial charge >= 0.3 is 5.97 Å². The van der Waals surface area contributed by atoms with Crippen LogP contribution in [0.1, 0.15) is 12.0 Å². The van der Waals surface area contributed by atoms with E-state index >= 15 is 0 Å². The van der Waals surface area contributed by atoms with Crippen molar-refractivity contribution in [2.45, 2.75) is 25.0 Å². The number of aliphatic carboxylic acids is 1. The number of carbonyl (C=O) groups excluding carboxylic acids is 1. The Bertz CT molecular complexity index is 470. The second-order valence-corrected chi connectivity index (χ2v) is 4.86. The van der Waals surface area contributed by atoms with Crippen molar-refractivity contribution in [2.24, 2.45) is 0 Å². The molecule has 1 heterocycles. The number of ether oxygens (including phenoxy) is 2. The molecular weight excluding hydrogens is 274 g/mol. The summed E-state index contributed by atoms with van der Waals surface area (Å²) in [6, 6.07) is 8.63. The Balaban J connectivity index is 1.86. The number of carboxylic acids is 1. The van der Waals surface area contributed by atoms with Crippen LogP contribution in [0.5, 0.6) is 0 Å². The van der Waals surface area contributed by atoms with Crippen molar-refractivity contribution in [3.63, 3.8) is 0 Å². The summed E-state index contributed by atoms with van der Waals surface area (Å²) in [5.41, 5.74) is 1.04. The van der Waals surface area contributed by atoms with E-state index in [4.69, 9.17) is 9.47 Å². The normalized spacial score (nSPS) is 19.7. The van der Waals surface area contributed by atoms with Crippen LogP contribution < -0.4 is 5.32 Å². The molecule has 1 unspecified atom stereocenters. The molecule has 0 aromatic heterocycles. The van der Waals surface area contributed by atoms with Crippen LogP contribution in [0.2, 0.25) is 0 Å². The van der Waals surface area contributed by atoms with Gasteiger partial charge in [0.2, 0.25) is 0 Å². The van der Waals surface area contributed by atoms with E-state index in [1.165, 1.54) is 0 Å². The van der Waals surface area contributed by atoms with Gasteiger partial charge in [0.15, 0.2) is 6.10 Å². The predicted octanol–water partition coefficient (Wildman–Crippen LogP) is 0.604. The quantitative estimate of drug-likeness (QED) is 0.802. The topological polar surface area (TPSA) is 84.9 Å². The molecule has 6 heteroatoms. The zero-order valence-electron chi connectivity index (χ0n) is 11.7. The first kappa shape index (κ1) is 15.5. The van der Waals surface area contributed by atoms with Gasteiger partial charge in [0, 0.05) is 0 Å². The molecule has 6 nitrogen and oxygen atoms in total. The van der Waals surface area contributed by atoms with Crippen LogP contribution in [-0.2, 0) is 25.5 Å². The molecular formula is C15H19NO5. The van der Waals surface area contributed by atoms with Gasteiger partial charge in [-0.1, -0.05) is 30.3 Å². The molecule has 0 saturated carbocycles. The lowest BCUT2D eigenvalue weighted by molar-refractivity contribution is -0.152. The maximum Gasteiger partial charge on any atom is 0.326 e. The van der Waals surface area contributed by atoms with Crippen molar-refractivity contribution >= 4 is 11.9 Å². The number of hydrogen-bond donors (Lipinski definition) is 2. The van der Waals surface area contributed by atoms with Crippen LogP contribution in [0, 0.1) is 0 Å². The lowest BCUT2D eigenvalue weighted by atomic mass is 10.1. The lowest BCUT2D eigenvalue weighted by Crippen LogP contribution is -2.49. The zero-order chi connectivity index (χ0) is 15.1. The van der Waals surface area contributed by atoms with E-state index in [2.05, 4.69) is 5.32 Å². The first-order valence-corrected chi connectivity index (χ1v) is 6.93. The van der Waals surface area contributed by atoms with E-state index in [0.717, 1.165) is 5.56 Å². The highest BCUT2D eigenvalue weighted by Crippen LogP contribution is 2.07. The van der Waals surface area contributed by atoms with E-state index in [9.17, 15) is 14.7 Å². The van der Waals surface area contributed by atoms with E-state index in [1.807, 2.05) is 30.3 Å². The molecule has 114 valence electrons. The smallest absolute Gasteiger partial charge is 0.326 e. The van der Waals surface area contributed by atoms with E-state index in [1.54, 1.807) is 0 Å². The molecule has 1 aliphatic rings. The third kappa shape index (κ3) is 4.84. The van der Waals surface area contributed by atoms with Gasteiger partial charge in [-0.2, -0.15) is 0 Å². The lowest BCUT2D eigenvalue weighted by Gasteiger charge is -2.24. The molecule has 2 rings (SSSR count). The van der Waals surface area contributed by atoms with Crippen molar-refractivity contribution in [3.05, 3.63) is 35.9 Å². The molecule has 0 radical (unpaired) electrons. The third-order valence-corrected chi connectivity index (χ3v) is 3.29. The van der Waals surface area contributed by atoms with Gasteiger partial charge in [-0.05, 0) is 18.4 Å². The maximum atomic E-state index is 11.9. The minimum absolute atomic E-state index is 0.164. The molecule has 1 aliphatic heterocycles. The van der Waals surface area contributed by atoms with Crippen LogP contribution in [0.4, 0.5) is 0 Å². The SMILES string of the molecule is O=C(N[C@@H](CCc1ccccc1)C(=O)O)C1COCCO1. The average molecular weight is 293 g/mol. The molecule has 1 fully saturated rings.